The molecule has 0 saturated heterocycles. The zero-order valence-corrected chi connectivity index (χ0v) is 18.7. The van der Waals surface area contributed by atoms with Gasteiger partial charge in [-0.2, -0.15) is 13.2 Å². The van der Waals surface area contributed by atoms with E-state index in [1.165, 1.54) is 12.1 Å². The molecule has 1 aromatic heterocycles. The van der Waals surface area contributed by atoms with E-state index in [-0.39, 0.29) is 0 Å². The number of fused-ring (bicyclic) bond motifs is 2. The fourth-order valence-corrected chi connectivity index (χ4v) is 4.53. The average molecular weight is 462 g/mol. The molecule has 4 rings (SSSR count). The van der Waals surface area contributed by atoms with Crippen LogP contribution in [0.25, 0.3) is 10.8 Å². The van der Waals surface area contributed by atoms with E-state index in [9.17, 15) is 22.7 Å². The van der Waals surface area contributed by atoms with Gasteiger partial charge in [0.05, 0.1) is 13.2 Å². The number of aromatic nitrogens is 1. The quantitative estimate of drug-likeness (QED) is 0.462. The van der Waals surface area contributed by atoms with Crippen LogP contribution in [0.2, 0.25) is 0 Å². The number of alkyl halides is 3. The summed E-state index contributed by atoms with van der Waals surface area (Å²) in [5, 5.41) is 15.2. The van der Waals surface area contributed by atoms with Gasteiger partial charge < -0.3 is 15.2 Å². The van der Waals surface area contributed by atoms with E-state index >= 15 is 0 Å². The van der Waals surface area contributed by atoms with Crippen molar-refractivity contribution in [2.45, 2.75) is 50.8 Å². The first-order chi connectivity index (χ1) is 15.4. The van der Waals surface area contributed by atoms with Crippen molar-refractivity contribution in [3.8, 4) is 5.75 Å². The summed E-state index contributed by atoms with van der Waals surface area (Å²) in [6.07, 6.45) is -3.45. The highest BCUT2D eigenvalue weighted by Gasteiger charge is 2.56. The third-order valence-corrected chi connectivity index (χ3v) is 6.21. The number of nitrogens with zero attached hydrogens (tertiary/aromatic N) is 1. The van der Waals surface area contributed by atoms with E-state index in [2.05, 4.69) is 10.3 Å². The molecule has 176 valence electrons. The lowest BCUT2D eigenvalue weighted by atomic mass is 9.74. The monoisotopic (exact) mass is 462 g/mol. The standard InChI is InChI=1S/C25H26F4N2O2/c1-15-9-19-17(12-30-15)5-4-6-21(19)31-14-24(32,25(27,28)29)13-23(2,3)20-11-18(26)10-16-7-8-33-22(16)20/h4-6,9-12,31-32H,7-8,13-14H2,1-3H3/t24-/m1/s1. The van der Waals surface area contributed by atoms with Crippen LogP contribution in [0.1, 0.15) is 37.1 Å². The number of aryl methyl sites for hydroxylation is 1. The largest absolute Gasteiger partial charge is 0.493 e. The lowest BCUT2D eigenvalue weighted by Crippen LogP contribution is -2.53. The first-order valence-corrected chi connectivity index (χ1v) is 10.7. The first kappa shape index (κ1) is 23.3. The highest BCUT2D eigenvalue weighted by atomic mass is 19.4. The second-order valence-corrected chi connectivity index (χ2v) is 9.34. The molecule has 2 heterocycles. The van der Waals surface area contributed by atoms with Crippen LogP contribution in [0.3, 0.4) is 0 Å². The number of anilines is 1. The van der Waals surface area contributed by atoms with Crippen LogP contribution in [-0.2, 0) is 11.8 Å². The number of pyridine rings is 1. The SMILES string of the molecule is Cc1cc2c(NC[C@](O)(CC(C)(C)c3cc(F)cc4c3OCC4)C(F)(F)F)cccc2cn1. The van der Waals surface area contributed by atoms with Crippen LogP contribution in [0.15, 0.2) is 42.6 Å². The zero-order chi connectivity index (χ0) is 24.0. The Morgan fingerprint density at radius 3 is 2.64 bits per heavy atom. The second kappa shape index (κ2) is 8.17. The second-order valence-electron chi connectivity index (χ2n) is 9.34. The number of aliphatic hydroxyl groups is 1. The number of nitrogens with one attached hydrogen (secondary N) is 1. The van der Waals surface area contributed by atoms with E-state index in [1.54, 1.807) is 45.2 Å². The Bertz CT molecular complexity index is 1190. The summed E-state index contributed by atoms with van der Waals surface area (Å²) in [5.74, 6) is -0.119. The fraction of sp³-hybridized carbons (Fsp3) is 0.400. The highest BCUT2D eigenvalue weighted by molar-refractivity contribution is 5.93. The highest BCUT2D eigenvalue weighted by Crippen LogP contribution is 2.46. The van der Waals surface area contributed by atoms with Gasteiger partial charge in [-0.25, -0.2) is 4.39 Å². The molecule has 0 unspecified atom stereocenters. The Hall–Kier alpha value is -2.87. The summed E-state index contributed by atoms with van der Waals surface area (Å²) in [6.45, 7) is 4.51. The number of benzene rings is 2. The van der Waals surface area contributed by atoms with Crippen molar-refractivity contribution in [3.63, 3.8) is 0 Å². The van der Waals surface area contributed by atoms with Gasteiger partial charge in [0.2, 0.25) is 0 Å². The summed E-state index contributed by atoms with van der Waals surface area (Å²) >= 11 is 0. The van der Waals surface area contributed by atoms with Crippen LogP contribution in [0, 0.1) is 12.7 Å². The minimum atomic E-state index is -4.92. The average Bonchev–Trinajstić information content (AvgIpc) is 3.18. The molecule has 0 spiro atoms. The molecule has 3 aromatic rings. The maximum absolute atomic E-state index is 14.2. The number of rotatable bonds is 6. The maximum Gasteiger partial charge on any atom is 0.418 e. The number of hydrogen-bond acceptors (Lipinski definition) is 4. The lowest BCUT2D eigenvalue weighted by molar-refractivity contribution is -0.260. The van der Waals surface area contributed by atoms with Crippen molar-refractivity contribution in [1.82, 2.24) is 4.98 Å². The summed E-state index contributed by atoms with van der Waals surface area (Å²) in [6, 6.07) is 9.52. The molecule has 0 fully saturated rings. The molecule has 0 saturated carbocycles. The van der Waals surface area contributed by atoms with Gasteiger partial charge in [0.1, 0.15) is 11.6 Å². The van der Waals surface area contributed by atoms with Crippen molar-refractivity contribution < 1.29 is 27.4 Å². The maximum atomic E-state index is 14.2. The van der Waals surface area contributed by atoms with E-state index < -0.39 is 36.0 Å². The number of halogens is 4. The summed E-state index contributed by atoms with van der Waals surface area (Å²) < 4.78 is 62.4. The Morgan fingerprint density at radius 1 is 1.15 bits per heavy atom. The van der Waals surface area contributed by atoms with Crippen LogP contribution >= 0.6 is 0 Å². The fourth-order valence-electron chi connectivity index (χ4n) is 4.53. The molecule has 8 heteroatoms. The number of ether oxygens (including phenoxy) is 1. The molecule has 2 aromatic carbocycles. The third-order valence-electron chi connectivity index (χ3n) is 6.21. The third kappa shape index (κ3) is 4.49. The Morgan fingerprint density at radius 2 is 1.91 bits per heavy atom. The first-order valence-electron chi connectivity index (χ1n) is 10.7. The van der Waals surface area contributed by atoms with Crippen LogP contribution in [0.4, 0.5) is 23.2 Å². The van der Waals surface area contributed by atoms with Gasteiger partial charge in [0.25, 0.3) is 0 Å². The van der Waals surface area contributed by atoms with Gasteiger partial charge in [0, 0.05) is 45.9 Å². The minimum absolute atomic E-state index is 0.324. The molecule has 33 heavy (non-hydrogen) atoms. The lowest BCUT2D eigenvalue weighted by Gasteiger charge is -2.38. The van der Waals surface area contributed by atoms with Crippen LogP contribution < -0.4 is 10.1 Å². The van der Waals surface area contributed by atoms with Crippen molar-refractivity contribution in [3.05, 3.63) is 65.2 Å². The molecule has 0 aliphatic carbocycles. The predicted octanol–water partition coefficient (Wildman–Crippen LogP) is 5.69. The summed E-state index contributed by atoms with van der Waals surface area (Å²) in [7, 11) is 0. The van der Waals surface area contributed by atoms with E-state index in [0.29, 0.717) is 41.0 Å². The van der Waals surface area contributed by atoms with E-state index in [1.807, 2.05) is 6.07 Å². The van der Waals surface area contributed by atoms with Crippen molar-refractivity contribution >= 4 is 16.5 Å². The molecule has 1 aliphatic rings. The molecule has 4 nitrogen and oxygen atoms in total. The normalized spacial score (nSPS) is 15.8. The predicted molar refractivity (Wildman–Crippen MR) is 119 cm³/mol. The summed E-state index contributed by atoms with van der Waals surface area (Å²) in [4.78, 5) is 4.21. The minimum Gasteiger partial charge on any atom is -0.493 e. The van der Waals surface area contributed by atoms with E-state index in [4.69, 9.17) is 4.74 Å². The molecule has 0 radical (unpaired) electrons. The smallest absolute Gasteiger partial charge is 0.418 e. The molecule has 1 aliphatic heterocycles. The Balaban J connectivity index is 1.66. The Labute approximate surface area is 189 Å². The molecule has 1 atom stereocenters. The van der Waals surface area contributed by atoms with Gasteiger partial charge in [-0.1, -0.05) is 26.0 Å². The van der Waals surface area contributed by atoms with Crippen molar-refractivity contribution in [1.29, 1.82) is 0 Å². The zero-order valence-electron chi connectivity index (χ0n) is 18.7. The number of hydrogen-bond donors (Lipinski definition) is 2. The molecular formula is C25H26F4N2O2. The van der Waals surface area contributed by atoms with Crippen LogP contribution in [-0.4, -0.2) is 35.0 Å². The topological polar surface area (TPSA) is 54.4 Å². The van der Waals surface area contributed by atoms with Gasteiger partial charge >= 0.3 is 6.18 Å². The Kier molecular flexibility index (Phi) is 5.76. The summed E-state index contributed by atoms with van der Waals surface area (Å²) in [5.41, 5.74) is -2.14. The molecule has 0 bridgehead atoms. The molecule has 0 amide bonds. The van der Waals surface area contributed by atoms with E-state index in [0.717, 1.165) is 11.1 Å². The van der Waals surface area contributed by atoms with Crippen LogP contribution in [0.5, 0.6) is 5.75 Å². The van der Waals surface area contributed by atoms with Gasteiger partial charge in [-0.3, -0.25) is 4.98 Å². The van der Waals surface area contributed by atoms with Crippen molar-refractivity contribution in [2.75, 3.05) is 18.5 Å². The molecule has 2 N–H and O–H groups in total. The van der Waals surface area contributed by atoms with Gasteiger partial charge in [-0.15, -0.1) is 0 Å². The van der Waals surface area contributed by atoms with Gasteiger partial charge in [-0.05, 0) is 43.0 Å². The molecular weight excluding hydrogens is 436 g/mol. The van der Waals surface area contributed by atoms with Gasteiger partial charge in [0.15, 0.2) is 5.60 Å². The van der Waals surface area contributed by atoms with Crippen molar-refractivity contribution in [2.24, 2.45) is 0 Å².